The van der Waals surface area contributed by atoms with Crippen molar-refractivity contribution in [2.75, 3.05) is 6.54 Å². The summed E-state index contributed by atoms with van der Waals surface area (Å²) in [6, 6.07) is 12.8. The number of Topliss-reactive ketones (excluding diaryl/α,β-unsaturated/α-hetero) is 1. The van der Waals surface area contributed by atoms with E-state index in [1.165, 1.54) is 24.2 Å². The SMILES string of the molecule is C[C@@H]1[C@@H]2C[C@H](CC(C)(C)C2)[NH+]1CC(=O)[C@@H](C#N)c1ccccc1. The average molecular weight is 311 g/mol. The van der Waals surface area contributed by atoms with Crippen molar-refractivity contribution in [3.63, 3.8) is 0 Å². The van der Waals surface area contributed by atoms with Crippen molar-refractivity contribution in [1.82, 2.24) is 0 Å². The first-order valence-electron chi connectivity index (χ1n) is 8.74. The van der Waals surface area contributed by atoms with Crippen molar-refractivity contribution in [2.24, 2.45) is 11.3 Å². The molecule has 3 rings (SSSR count). The van der Waals surface area contributed by atoms with Crippen LogP contribution in [0.4, 0.5) is 0 Å². The molecule has 5 atom stereocenters. The molecule has 1 N–H and O–H groups in total. The quantitative estimate of drug-likeness (QED) is 0.928. The fraction of sp³-hybridized carbons (Fsp3) is 0.600. The van der Waals surface area contributed by atoms with E-state index < -0.39 is 5.92 Å². The maximum atomic E-state index is 12.8. The van der Waals surface area contributed by atoms with E-state index in [1.54, 1.807) is 0 Å². The number of quaternary nitrogens is 1. The molecule has 3 nitrogen and oxygen atoms in total. The topological polar surface area (TPSA) is 45.3 Å². The highest BCUT2D eigenvalue weighted by molar-refractivity contribution is 5.89. The Balaban J connectivity index is 1.74. The predicted molar refractivity (Wildman–Crippen MR) is 90.0 cm³/mol. The molecule has 2 fully saturated rings. The maximum Gasteiger partial charge on any atom is 0.208 e. The number of carbonyl (C=O) groups excluding carboxylic acids is 1. The summed E-state index contributed by atoms with van der Waals surface area (Å²) < 4.78 is 0. The van der Waals surface area contributed by atoms with Gasteiger partial charge in [-0.05, 0) is 24.3 Å². The van der Waals surface area contributed by atoms with Crippen LogP contribution in [0.25, 0.3) is 0 Å². The minimum absolute atomic E-state index is 0.0749. The number of rotatable bonds is 4. The second kappa shape index (κ2) is 6.09. The number of nitrogens with zero attached hydrogens (tertiary/aromatic N) is 1. The number of nitrogens with one attached hydrogen (secondary N) is 1. The van der Waals surface area contributed by atoms with Crippen LogP contribution in [0, 0.1) is 22.7 Å². The van der Waals surface area contributed by atoms with Crippen molar-refractivity contribution in [1.29, 1.82) is 5.26 Å². The van der Waals surface area contributed by atoms with Gasteiger partial charge in [-0.3, -0.25) is 4.79 Å². The number of fused-ring (bicyclic) bond motifs is 2. The molecular weight excluding hydrogens is 284 g/mol. The molecule has 2 aliphatic rings. The van der Waals surface area contributed by atoms with E-state index in [9.17, 15) is 10.1 Å². The molecule has 0 radical (unpaired) electrons. The molecular formula is C20H27N2O+. The molecule has 23 heavy (non-hydrogen) atoms. The zero-order valence-electron chi connectivity index (χ0n) is 14.4. The van der Waals surface area contributed by atoms with E-state index in [-0.39, 0.29) is 5.78 Å². The third kappa shape index (κ3) is 3.19. The second-order valence-corrected chi connectivity index (χ2v) is 8.24. The predicted octanol–water partition coefficient (Wildman–Crippen LogP) is 2.34. The van der Waals surface area contributed by atoms with Crippen LogP contribution in [0.15, 0.2) is 30.3 Å². The lowest BCUT2D eigenvalue weighted by Crippen LogP contribution is -3.17. The van der Waals surface area contributed by atoms with Gasteiger partial charge in [0.1, 0.15) is 12.5 Å². The third-order valence-corrected chi connectivity index (χ3v) is 5.98. The Kier molecular flexibility index (Phi) is 4.29. The van der Waals surface area contributed by atoms with Gasteiger partial charge in [-0.15, -0.1) is 0 Å². The summed E-state index contributed by atoms with van der Waals surface area (Å²) in [5.41, 5.74) is 1.22. The maximum absolute atomic E-state index is 12.8. The van der Waals surface area contributed by atoms with Crippen molar-refractivity contribution < 1.29 is 9.69 Å². The summed E-state index contributed by atoms with van der Waals surface area (Å²) in [6.07, 6.45) is 3.71. The van der Waals surface area contributed by atoms with Gasteiger partial charge in [0.15, 0.2) is 0 Å². The van der Waals surface area contributed by atoms with Crippen LogP contribution in [-0.4, -0.2) is 24.4 Å². The minimum Gasteiger partial charge on any atom is -0.324 e. The van der Waals surface area contributed by atoms with E-state index >= 15 is 0 Å². The van der Waals surface area contributed by atoms with Crippen LogP contribution in [0.2, 0.25) is 0 Å². The van der Waals surface area contributed by atoms with Crippen LogP contribution in [0.5, 0.6) is 0 Å². The molecule has 0 amide bonds. The number of ketones is 1. The van der Waals surface area contributed by atoms with Crippen LogP contribution in [-0.2, 0) is 4.79 Å². The van der Waals surface area contributed by atoms with Gasteiger partial charge in [0, 0.05) is 18.8 Å². The van der Waals surface area contributed by atoms with Crippen LogP contribution in [0.3, 0.4) is 0 Å². The number of nitriles is 1. The minimum atomic E-state index is -0.621. The number of hydrogen-bond donors (Lipinski definition) is 1. The van der Waals surface area contributed by atoms with Crippen LogP contribution in [0.1, 0.15) is 51.5 Å². The molecule has 1 aromatic rings. The van der Waals surface area contributed by atoms with Crippen molar-refractivity contribution in [2.45, 2.75) is 58.0 Å². The summed E-state index contributed by atoms with van der Waals surface area (Å²) in [7, 11) is 0. The van der Waals surface area contributed by atoms with E-state index in [2.05, 4.69) is 26.8 Å². The molecule has 3 heteroatoms. The molecule has 1 aliphatic heterocycles. The normalized spacial score (nSPS) is 33.0. The molecule has 1 heterocycles. The highest BCUT2D eigenvalue weighted by Gasteiger charge is 2.51. The summed E-state index contributed by atoms with van der Waals surface area (Å²) in [6.45, 7) is 7.49. The van der Waals surface area contributed by atoms with Gasteiger partial charge in [0.05, 0.1) is 18.2 Å². The summed E-state index contributed by atoms with van der Waals surface area (Å²) in [4.78, 5) is 14.2. The first-order valence-corrected chi connectivity index (χ1v) is 8.74. The molecule has 1 unspecified atom stereocenters. The lowest BCUT2D eigenvalue weighted by molar-refractivity contribution is -0.927. The molecule has 2 bridgehead atoms. The summed E-state index contributed by atoms with van der Waals surface area (Å²) >= 11 is 0. The van der Waals surface area contributed by atoms with Gasteiger partial charge >= 0.3 is 0 Å². The van der Waals surface area contributed by atoms with E-state index in [0.717, 1.165) is 11.5 Å². The van der Waals surface area contributed by atoms with Gasteiger partial charge in [-0.25, -0.2) is 0 Å². The van der Waals surface area contributed by atoms with Crippen molar-refractivity contribution in [3.8, 4) is 6.07 Å². The van der Waals surface area contributed by atoms with Gasteiger partial charge in [-0.2, -0.15) is 5.26 Å². The molecule has 0 spiro atoms. The molecule has 1 saturated carbocycles. The fourth-order valence-corrected chi connectivity index (χ4v) is 4.92. The van der Waals surface area contributed by atoms with Crippen molar-refractivity contribution in [3.05, 3.63) is 35.9 Å². The first-order chi connectivity index (χ1) is 10.9. The second-order valence-electron chi connectivity index (χ2n) is 8.24. The largest absolute Gasteiger partial charge is 0.324 e. The van der Waals surface area contributed by atoms with Gasteiger partial charge in [-0.1, -0.05) is 44.2 Å². The zero-order chi connectivity index (χ0) is 16.6. The van der Waals surface area contributed by atoms with Crippen LogP contribution >= 0.6 is 0 Å². The lowest BCUT2D eigenvalue weighted by atomic mass is 9.71. The molecule has 122 valence electrons. The number of benzene rings is 1. The zero-order valence-corrected chi connectivity index (χ0v) is 14.4. The standard InChI is InChI=1S/C20H26N2O/c1-14-16-9-17(11-20(2,3)10-16)22(14)13-19(23)18(12-21)15-7-5-4-6-8-15/h4-8,14,16-18H,9-11,13H2,1-3H3/p+1/t14-,16-,17-,18+/m1/s1. The molecule has 1 saturated heterocycles. The molecule has 1 aliphatic carbocycles. The summed E-state index contributed by atoms with van der Waals surface area (Å²) in [5, 5.41) is 9.48. The van der Waals surface area contributed by atoms with Gasteiger partial charge in [0.2, 0.25) is 5.78 Å². The Hall–Kier alpha value is -1.66. The average Bonchev–Trinajstić information content (AvgIpc) is 2.72. The Bertz CT molecular complexity index is 616. The smallest absolute Gasteiger partial charge is 0.208 e. The number of carbonyl (C=O) groups is 1. The lowest BCUT2D eigenvalue weighted by Gasteiger charge is -2.32. The number of hydrogen-bond acceptors (Lipinski definition) is 2. The Morgan fingerprint density at radius 3 is 2.70 bits per heavy atom. The highest BCUT2D eigenvalue weighted by Crippen LogP contribution is 2.41. The third-order valence-electron chi connectivity index (χ3n) is 5.98. The summed E-state index contributed by atoms with van der Waals surface area (Å²) in [5.74, 6) is 0.180. The highest BCUT2D eigenvalue weighted by atomic mass is 16.1. The Morgan fingerprint density at radius 2 is 2.04 bits per heavy atom. The van der Waals surface area contributed by atoms with E-state index in [0.29, 0.717) is 24.0 Å². The van der Waals surface area contributed by atoms with Crippen LogP contribution < -0.4 is 4.90 Å². The monoisotopic (exact) mass is 311 g/mol. The molecule has 0 aromatic heterocycles. The fourth-order valence-electron chi connectivity index (χ4n) is 4.92. The van der Waals surface area contributed by atoms with E-state index in [1.807, 2.05) is 30.3 Å². The number of likely N-dealkylation sites (tertiary alicyclic amines) is 1. The Morgan fingerprint density at radius 1 is 1.35 bits per heavy atom. The van der Waals surface area contributed by atoms with Crippen molar-refractivity contribution >= 4 is 5.78 Å². The molecule has 1 aromatic carbocycles. The van der Waals surface area contributed by atoms with Gasteiger partial charge in [0.25, 0.3) is 0 Å². The Labute approximate surface area is 139 Å². The van der Waals surface area contributed by atoms with Gasteiger partial charge < -0.3 is 4.90 Å². The first kappa shape index (κ1) is 16.2. The van der Waals surface area contributed by atoms with E-state index in [4.69, 9.17) is 0 Å².